The van der Waals surface area contributed by atoms with Crippen molar-refractivity contribution < 1.29 is 19.5 Å². The smallest absolute Gasteiger partial charge is 0.358 e. The van der Waals surface area contributed by atoms with E-state index in [4.69, 9.17) is 14.7 Å². The van der Waals surface area contributed by atoms with Crippen LogP contribution in [0.25, 0.3) is 11.3 Å². The summed E-state index contributed by atoms with van der Waals surface area (Å²) in [6.07, 6.45) is 0. The first kappa shape index (κ1) is 10.2. The molecular formula is C11H9NO4. The maximum absolute atomic E-state index is 10.8. The lowest BCUT2D eigenvalue weighted by Crippen LogP contribution is -1.98. The van der Waals surface area contributed by atoms with Gasteiger partial charge >= 0.3 is 5.97 Å². The Morgan fingerprint density at radius 1 is 1.31 bits per heavy atom. The van der Waals surface area contributed by atoms with E-state index >= 15 is 0 Å². The van der Waals surface area contributed by atoms with Gasteiger partial charge in [0.15, 0.2) is 11.5 Å². The number of benzene rings is 1. The minimum absolute atomic E-state index is 0.0944. The molecule has 0 aliphatic rings. The van der Waals surface area contributed by atoms with Gasteiger partial charge in [0.05, 0.1) is 0 Å². The molecule has 0 aliphatic carbocycles. The number of aromatic carboxylic acids is 1. The van der Waals surface area contributed by atoms with Crippen LogP contribution in [0.2, 0.25) is 0 Å². The number of nitrogens with zero attached hydrogens (tertiary/aromatic N) is 1. The van der Waals surface area contributed by atoms with Crippen molar-refractivity contribution in [1.82, 2.24) is 5.16 Å². The standard InChI is InChI=1S/C11H9NO4/c1-6-9(11(14)15)12-16-10(6)7-2-4-8(13)5-3-7/h2-5,13H,1H3,(H,14,15). The topological polar surface area (TPSA) is 83.6 Å². The Morgan fingerprint density at radius 3 is 2.44 bits per heavy atom. The maximum atomic E-state index is 10.8. The van der Waals surface area contributed by atoms with E-state index < -0.39 is 5.97 Å². The number of aromatic nitrogens is 1. The average molecular weight is 219 g/mol. The van der Waals surface area contributed by atoms with Gasteiger partial charge in [0, 0.05) is 11.1 Å². The quantitative estimate of drug-likeness (QED) is 0.807. The van der Waals surface area contributed by atoms with E-state index in [2.05, 4.69) is 5.16 Å². The Hall–Kier alpha value is -2.30. The molecule has 1 heterocycles. The highest BCUT2D eigenvalue weighted by Crippen LogP contribution is 2.26. The van der Waals surface area contributed by atoms with Crippen molar-refractivity contribution in [3.63, 3.8) is 0 Å². The molecule has 0 bridgehead atoms. The van der Waals surface area contributed by atoms with E-state index in [0.29, 0.717) is 16.9 Å². The zero-order chi connectivity index (χ0) is 11.7. The molecule has 1 aromatic carbocycles. The zero-order valence-electron chi connectivity index (χ0n) is 8.47. The number of aromatic hydroxyl groups is 1. The van der Waals surface area contributed by atoms with Gasteiger partial charge in [-0.25, -0.2) is 4.79 Å². The van der Waals surface area contributed by atoms with Crippen molar-refractivity contribution in [3.05, 3.63) is 35.5 Å². The number of hydrogen-bond donors (Lipinski definition) is 2. The molecule has 1 aromatic heterocycles. The van der Waals surface area contributed by atoms with E-state index in [9.17, 15) is 4.79 Å². The van der Waals surface area contributed by atoms with Gasteiger partial charge in [-0.05, 0) is 31.2 Å². The number of carbonyl (C=O) groups is 1. The second-order valence-electron chi connectivity index (χ2n) is 3.34. The highest BCUT2D eigenvalue weighted by atomic mass is 16.5. The lowest BCUT2D eigenvalue weighted by Gasteiger charge is -1.97. The number of phenols is 1. The largest absolute Gasteiger partial charge is 0.508 e. The number of carboxylic acids is 1. The van der Waals surface area contributed by atoms with Crippen molar-refractivity contribution in [1.29, 1.82) is 0 Å². The minimum Gasteiger partial charge on any atom is -0.508 e. The first-order valence-corrected chi connectivity index (χ1v) is 4.58. The molecule has 0 spiro atoms. The summed E-state index contributed by atoms with van der Waals surface area (Å²) in [5.74, 6) is -0.581. The summed E-state index contributed by atoms with van der Waals surface area (Å²) >= 11 is 0. The maximum Gasteiger partial charge on any atom is 0.358 e. The highest BCUT2D eigenvalue weighted by molar-refractivity contribution is 5.88. The van der Waals surface area contributed by atoms with Crippen molar-refractivity contribution in [3.8, 4) is 17.1 Å². The third kappa shape index (κ3) is 1.63. The van der Waals surface area contributed by atoms with Crippen molar-refractivity contribution >= 4 is 5.97 Å². The summed E-state index contributed by atoms with van der Waals surface area (Å²) in [5, 5.41) is 21.4. The molecule has 0 unspecified atom stereocenters. The van der Waals surface area contributed by atoms with Gasteiger partial charge in [0.25, 0.3) is 0 Å². The monoisotopic (exact) mass is 219 g/mol. The summed E-state index contributed by atoms with van der Waals surface area (Å²) in [7, 11) is 0. The summed E-state index contributed by atoms with van der Waals surface area (Å²) in [6, 6.07) is 6.26. The van der Waals surface area contributed by atoms with Crippen molar-refractivity contribution in [2.75, 3.05) is 0 Å². The Balaban J connectivity index is 2.49. The highest BCUT2D eigenvalue weighted by Gasteiger charge is 2.18. The first-order valence-electron chi connectivity index (χ1n) is 4.58. The van der Waals surface area contributed by atoms with E-state index in [1.165, 1.54) is 12.1 Å². The molecule has 5 nitrogen and oxygen atoms in total. The Labute approximate surface area is 90.9 Å². The summed E-state index contributed by atoms with van der Waals surface area (Å²) in [6.45, 7) is 1.63. The van der Waals surface area contributed by atoms with Gasteiger partial charge in [-0.3, -0.25) is 0 Å². The van der Waals surface area contributed by atoms with Crippen LogP contribution in [0, 0.1) is 6.92 Å². The summed E-state index contributed by atoms with van der Waals surface area (Å²) in [5.41, 5.74) is 1.05. The van der Waals surface area contributed by atoms with Gasteiger partial charge in [-0.2, -0.15) is 0 Å². The van der Waals surface area contributed by atoms with Crippen LogP contribution in [0.15, 0.2) is 28.8 Å². The Bertz CT molecular complexity index is 527. The predicted molar refractivity (Wildman–Crippen MR) is 55.3 cm³/mol. The molecule has 2 N–H and O–H groups in total. The molecular weight excluding hydrogens is 210 g/mol. The third-order valence-electron chi connectivity index (χ3n) is 2.26. The van der Waals surface area contributed by atoms with E-state index in [-0.39, 0.29) is 11.4 Å². The van der Waals surface area contributed by atoms with Gasteiger partial charge in [-0.1, -0.05) is 5.16 Å². The lowest BCUT2D eigenvalue weighted by atomic mass is 10.1. The second-order valence-corrected chi connectivity index (χ2v) is 3.34. The average Bonchev–Trinajstić information content (AvgIpc) is 2.61. The molecule has 0 saturated carbocycles. The first-order chi connectivity index (χ1) is 7.59. The lowest BCUT2D eigenvalue weighted by molar-refractivity contribution is 0.0685. The molecule has 0 aliphatic heterocycles. The van der Waals surface area contributed by atoms with Crippen LogP contribution >= 0.6 is 0 Å². The van der Waals surface area contributed by atoms with Crippen LogP contribution in [0.5, 0.6) is 5.75 Å². The molecule has 0 amide bonds. The van der Waals surface area contributed by atoms with Crippen LogP contribution in [0.4, 0.5) is 0 Å². The molecule has 5 heteroatoms. The minimum atomic E-state index is -1.12. The van der Waals surface area contributed by atoms with E-state index in [0.717, 1.165) is 0 Å². The number of rotatable bonds is 2. The SMILES string of the molecule is Cc1c(C(=O)O)noc1-c1ccc(O)cc1. The molecule has 2 rings (SSSR count). The van der Waals surface area contributed by atoms with Gasteiger partial charge in [0.1, 0.15) is 5.75 Å². The zero-order valence-corrected chi connectivity index (χ0v) is 8.47. The third-order valence-corrected chi connectivity index (χ3v) is 2.26. The van der Waals surface area contributed by atoms with Gasteiger partial charge in [0.2, 0.25) is 0 Å². The number of phenolic OH excluding ortho intramolecular Hbond substituents is 1. The molecule has 16 heavy (non-hydrogen) atoms. The van der Waals surface area contributed by atoms with Crippen LogP contribution in [0.3, 0.4) is 0 Å². The fourth-order valence-corrected chi connectivity index (χ4v) is 1.42. The molecule has 0 radical (unpaired) electrons. The van der Waals surface area contributed by atoms with Gasteiger partial charge in [-0.15, -0.1) is 0 Å². The van der Waals surface area contributed by atoms with Crippen LogP contribution < -0.4 is 0 Å². The Morgan fingerprint density at radius 2 is 1.94 bits per heavy atom. The van der Waals surface area contributed by atoms with Crippen LogP contribution in [-0.4, -0.2) is 21.3 Å². The van der Waals surface area contributed by atoms with Crippen molar-refractivity contribution in [2.24, 2.45) is 0 Å². The van der Waals surface area contributed by atoms with Crippen LogP contribution in [-0.2, 0) is 0 Å². The summed E-state index contributed by atoms with van der Waals surface area (Å²) in [4.78, 5) is 10.8. The normalized spacial score (nSPS) is 10.3. The fourth-order valence-electron chi connectivity index (χ4n) is 1.42. The van der Waals surface area contributed by atoms with E-state index in [1.54, 1.807) is 19.1 Å². The predicted octanol–water partition coefficient (Wildman–Crippen LogP) is 2.05. The molecule has 0 fully saturated rings. The second kappa shape index (κ2) is 3.69. The number of hydrogen-bond acceptors (Lipinski definition) is 4. The van der Waals surface area contributed by atoms with Crippen molar-refractivity contribution in [2.45, 2.75) is 6.92 Å². The summed E-state index contributed by atoms with van der Waals surface area (Å²) < 4.78 is 4.97. The fraction of sp³-hybridized carbons (Fsp3) is 0.0909. The molecule has 0 atom stereocenters. The molecule has 82 valence electrons. The number of carboxylic acid groups (broad SMARTS) is 1. The van der Waals surface area contributed by atoms with Crippen LogP contribution in [0.1, 0.15) is 16.1 Å². The Kier molecular flexibility index (Phi) is 2.36. The molecule has 0 saturated heterocycles. The van der Waals surface area contributed by atoms with E-state index in [1.807, 2.05) is 0 Å². The molecule has 2 aromatic rings. The van der Waals surface area contributed by atoms with Gasteiger partial charge < -0.3 is 14.7 Å².